The second kappa shape index (κ2) is 6.11. The van der Waals surface area contributed by atoms with E-state index in [1.54, 1.807) is 12.1 Å². The van der Waals surface area contributed by atoms with Gasteiger partial charge in [0.25, 0.3) is 10.1 Å². The van der Waals surface area contributed by atoms with Gasteiger partial charge in [-0.25, -0.2) is 0 Å². The summed E-state index contributed by atoms with van der Waals surface area (Å²) in [6, 6.07) is 6.33. The van der Waals surface area contributed by atoms with Gasteiger partial charge in [0.05, 0.1) is 4.90 Å². The number of aryl methyl sites for hydroxylation is 1. The molecule has 18 heavy (non-hydrogen) atoms. The Morgan fingerprint density at radius 1 is 1.28 bits per heavy atom. The highest BCUT2D eigenvalue weighted by atomic mass is 32.2. The van der Waals surface area contributed by atoms with Crippen molar-refractivity contribution in [3.63, 3.8) is 0 Å². The Labute approximate surface area is 108 Å². The number of carbonyl (C=O) groups excluding carboxylic acids is 1. The summed E-state index contributed by atoms with van der Waals surface area (Å²) in [4.78, 5) is 11.6. The van der Waals surface area contributed by atoms with Gasteiger partial charge in [-0.05, 0) is 32.4 Å². The average Bonchev–Trinajstić information content (AvgIpc) is 2.29. The summed E-state index contributed by atoms with van der Waals surface area (Å²) < 4.78 is 28.7. The number of benzene rings is 1. The van der Waals surface area contributed by atoms with E-state index in [0.29, 0.717) is 12.8 Å². The Morgan fingerprint density at radius 2 is 1.83 bits per heavy atom. The Balaban J connectivity index is 2.82. The molecule has 0 aliphatic rings. The van der Waals surface area contributed by atoms with Crippen LogP contribution < -0.4 is 0 Å². The quantitative estimate of drug-likeness (QED) is 0.745. The minimum absolute atomic E-state index is 0.0734. The molecule has 0 aliphatic heterocycles. The van der Waals surface area contributed by atoms with Crippen LogP contribution >= 0.6 is 0 Å². The van der Waals surface area contributed by atoms with E-state index < -0.39 is 16.2 Å². The average molecular weight is 270 g/mol. The highest BCUT2D eigenvalue weighted by molar-refractivity contribution is 7.86. The van der Waals surface area contributed by atoms with E-state index in [2.05, 4.69) is 0 Å². The van der Waals surface area contributed by atoms with Crippen molar-refractivity contribution in [1.29, 1.82) is 0 Å². The van der Waals surface area contributed by atoms with Gasteiger partial charge in [-0.2, -0.15) is 8.42 Å². The largest absolute Gasteiger partial charge is 0.297 e. The third-order valence-corrected chi connectivity index (χ3v) is 3.92. The molecule has 0 radical (unpaired) electrons. The standard InChI is InChI=1S/C13H18O4S/c1-4-5-13(14)11(3)17-18(15,16)12-8-6-10(2)7-9-12/h6-9,11H,4-5H2,1-3H3. The molecular weight excluding hydrogens is 252 g/mol. The third-order valence-electron chi connectivity index (χ3n) is 2.53. The molecule has 1 rings (SSSR count). The van der Waals surface area contributed by atoms with Crippen molar-refractivity contribution in [2.45, 2.75) is 44.6 Å². The van der Waals surface area contributed by atoms with Crippen molar-refractivity contribution in [2.75, 3.05) is 0 Å². The molecule has 0 heterocycles. The fourth-order valence-corrected chi connectivity index (χ4v) is 2.52. The van der Waals surface area contributed by atoms with Gasteiger partial charge in [-0.1, -0.05) is 24.6 Å². The summed E-state index contributed by atoms with van der Waals surface area (Å²) in [6.07, 6.45) is 0.0677. The van der Waals surface area contributed by atoms with Gasteiger partial charge in [0.15, 0.2) is 5.78 Å². The van der Waals surface area contributed by atoms with Crippen molar-refractivity contribution in [3.8, 4) is 0 Å². The SMILES string of the molecule is CCCC(=O)C(C)OS(=O)(=O)c1ccc(C)cc1. The molecule has 1 atom stereocenters. The van der Waals surface area contributed by atoms with Crippen LogP contribution in [-0.4, -0.2) is 20.3 Å². The smallest absolute Gasteiger partial charge is 0.297 e. The predicted molar refractivity (Wildman–Crippen MR) is 68.8 cm³/mol. The third kappa shape index (κ3) is 3.92. The Morgan fingerprint density at radius 3 is 2.33 bits per heavy atom. The van der Waals surface area contributed by atoms with Crippen molar-refractivity contribution < 1.29 is 17.4 Å². The Hall–Kier alpha value is -1.20. The molecule has 100 valence electrons. The maximum absolute atomic E-state index is 11.9. The van der Waals surface area contributed by atoms with Crippen molar-refractivity contribution in [1.82, 2.24) is 0 Å². The lowest BCUT2D eigenvalue weighted by Crippen LogP contribution is -2.24. The predicted octanol–water partition coefficient (Wildman–Crippen LogP) is 2.46. The molecule has 1 aromatic rings. The number of rotatable bonds is 6. The highest BCUT2D eigenvalue weighted by Crippen LogP contribution is 2.16. The number of hydrogen-bond acceptors (Lipinski definition) is 4. The molecule has 1 unspecified atom stereocenters. The number of ketones is 1. The minimum Gasteiger partial charge on any atom is -0.297 e. The summed E-state index contributed by atoms with van der Waals surface area (Å²) in [5.41, 5.74) is 0.962. The maximum atomic E-state index is 11.9. The van der Waals surface area contributed by atoms with Crippen LogP contribution in [0.5, 0.6) is 0 Å². The monoisotopic (exact) mass is 270 g/mol. The first-order valence-electron chi connectivity index (χ1n) is 5.89. The van der Waals surface area contributed by atoms with Crippen molar-refractivity contribution >= 4 is 15.9 Å². The topological polar surface area (TPSA) is 60.4 Å². The molecule has 0 saturated carbocycles. The van der Waals surface area contributed by atoms with Crippen LogP contribution in [0.4, 0.5) is 0 Å². The molecule has 0 bridgehead atoms. The first kappa shape index (κ1) is 14.9. The first-order chi connectivity index (χ1) is 8.36. The van der Waals surface area contributed by atoms with Crippen LogP contribution in [-0.2, 0) is 19.1 Å². The van der Waals surface area contributed by atoms with Gasteiger partial charge in [-0.3, -0.25) is 8.98 Å². The molecule has 0 aliphatic carbocycles. The van der Waals surface area contributed by atoms with E-state index in [1.165, 1.54) is 19.1 Å². The van der Waals surface area contributed by atoms with Gasteiger partial charge < -0.3 is 0 Å². The van der Waals surface area contributed by atoms with Crippen molar-refractivity contribution in [3.05, 3.63) is 29.8 Å². The highest BCUT2D eigenvalue weighted by Gasteiger charge is 2.22. The van der Waals surface area contributed by atoms with Gasteiger partial charge in [-0.15, -0.1) is 0 Å². The summed E-state index contributed by atoms with van der Waals surface area (Å²) in [5.74, 6) is -0.201. The lowest BCUT2D eigenvalue weighted by atomic mass is 10.2. The van der Waals surface area contributed by atoms with Gasteiger partial charge in [0.1, 0.15) is 6.10 Å². The molecule has 1 aromatic carbocycles. The van der Waals surface area contributed by atoms with Gasteiger partial charge in [0, 0.05) is 6.42 Å². The van der Waals surface area contributed by atoms with Gasteiger partial charge in [0.2, 0.25) is 0 Å². The van der Waals surface area contributed by atoms with E-state index in [0.717, 1.165) is 5.56 Å². The molecule has 0 spiro atoms. The lowest BCUT2D eigenvalue weighted by Gasteiger charge is -2.11. The Kier molecular flexibility index (Phi) is 5.04. The zero-order chi connectivity index (χ0) is 13.8. The summed E-state index contributed by atoms with van der Waals surface area (Å²) >= 11 is 0. The van der Waals surface area contributed by atoms with Crippen LogP contribution in [0.2, 0.25) is 0 Å². The summed E-state index contributed by atoms with van der Waals surface area (Å²) in [7, 11) is -3.86. The number of Topliss-reactive ketones (excluding diaryl/α,β-unsaturated/α-hetero) is 1. The molecule has 0 saturated heterocycles. The van der Waals surface area contributed by atoms with Crippen molar-refractivity contribution in [2.24, 2.45) is 0 Å². The number of hydrogen-bond donors (Lipinski definition) is 0. The summed E-state index contributed by atoms with van der Waals surface area (Å²) in [5, 5.41) is 0. The molecular formula is C13H18O4S. The van der Waals surface area contributed by atoms with Gasteiger partial charge >= 0.3 is 0 Å². The molecule has 0 aromatic heterocycles. The minimum atomic E-state index is -3.86. The van der Waals surface area contributed by atoms with E-state index in [-0.39, 0.29) is 10.7 Å². The first-order valence-corrected chi connectivity index (χ1v) is 7.30. The van der Waals surface area contributed by atoms with E-state index in [9.17, 15) is 13.2 Å². The molecule has 0 N–H and O–H groups in total. The van der Waals surface area contributed by atoms with Crippen LogP contribution in [0.3, 0.4) is 0 Å². The Bertz CT molecular complexity index is 502. The number of carbonyl (C=O) groups is 1. The zero-order valence-corrected chi connectivity index (χ0v) is 11.7. The van der Waals surface area contributed by atoms with Crippen LogP contribution in [0.25, 0.3) is 0 Å². The lowest BCUT2D eigenvalue weighted by molar-refractivity contribution is -0.125. The van der Waals surface area contributed by atoms with E-state index >= 15 is 0 Å². The molecule has 5 heteroatoms. The maximum Gasteiger partial charge on any atom is 0.297 e. The fraction of sp³-hybridized carbons (Fsp3) is 0.462. The molecule has 0 amide bonds. The van der Waals surface area contributed by atoms with Crippen LogP contribution in [0, 0.1) is 6.92 Å². The fourth-order valence-electron chi connectivity index (χ4n) is 1.45. The zero-order valence-electron chi connectivity index (χ0n) is 10.8. The van der Waals surface area contributed by atoms with Crippen LogP contribution in [0.1, 0.15) is 32.3 Å². The molecule has 4 nitrogen and oxygen atoms in total. The van der Waals surface area contributed by atoms with Crippen LogP contribution in [0.15, 0.2) is 29.2 Å². The second-order valence-corrected chi connectivity index (χ2v) is 5.79. The normalized spacial score (nSPS) is 13.3. The van der Waals surface area contributed by atoms with E-state index in [1.807, 2.05) is 13.8 Å². The van der Waals surface area contributed by atoms with E-state index in [4.69, 9.17) is 4.18 Å². The summed E-state index contributed by atoms with van der Waals surface area (Å²) in [6.45, 7) is 5.19. The second-order valence-electron chi connectivity index (χ2n) is 4.22. The molecule has 0 fully saturated rings.